The van der Waals surface area contributed by atoms with Crippen molar-refractivity contribution >= 4 is 11.6 Å². The number of aryl methyl sites for hydroxylation is 1. The van der Waals surface area contributed by atoms with Gasteiger partial charge in [-0.2, -0.15) is 0 Å². The Morgan fingerprint density at radius 2 is 2.29 bits per heavy atom. The molecule has 0 bridgehead atoms. The van der Waals surface area contributed by atoms with Crippen LogP contribution in [0.4, 0.5) is 5.69 Å². The number of carbonyl (C=O) groups is 1. The van der Waals surface area contributed by atoms with Crippen LogP contribution in [0.2, 0.25) is 0 Å². The first-order valence-corrected chi connectivity index (χ1v) is 5.20. The molecule has 2 rings (SSSR count). The average Bonchev–Trinajstić information content (AvgIpc) is 2.65. The lowest BCUT2D eigenvalue weighted by atomic mass is 10.1. The van der Waals surface area contributed by atoms with Crippen LogP contribution in [0.15, 0.2) is 24.3 Å². The van der Waals surface area contributed by atoms with Crippen LogP contribution in [-0.4, -0.2) is 12.5 Å². The van der Waals surface area contributed by atoms with E-state index >= 15 is 0 Å². The summed E-state index contributed by atoms with van der Waals surface area (Å²) < 4.78 is 0. The molecule has 14 heavy (non-hydrogen) atoms. The van der Waals surface area contributed by atoms with E-state index in [-0.39, 0.29) is 5.91 Å². The quantitative estimate of drug-likeness (QED) is 0.699. The van der Waals surface area contributed by atoms with E-state index in [1.807, 2.05) is 17.0 Å². The van der Waals surface area contributed by atoms with Crippen molar-refractivity contribution in [3.05, 3.63) is 29.8 Å². The molecule has 0 atom stereocenters. The first-order valence-electron chi connectivity index (χ1n) is 5.20. The minimum absolute atomic E-state index is 0.262. The summed E-state index contributed by atoms with van der Waals surface area (Å²) in [5.74, 6) is 0.262. The van der Waals surface area contributed by atoms with Gasteiger partial charge in [0.1, 0.15) is 0 Å². The summed E-state index contributed by atoms with van der Waals surface area (Å²) in [6.07, 6.45) is 2.72. The van der Waals surface area contributed by atoms with E-state index in [1.165, 1.54) is 5.56 Å². The third-order valence-corrected chi connectivity index (χ3v) is 2.70. The molecule has 0 unspecified atom stereocenters. The van der Waals surface area contributed by atoms with Gasteiger partial charge < -0.3 is 4.90 Å². The number of benzene rings is 1. The molecular formula is C12H15NO. The Kier molecular flexibility index (Phi) is 2.53. The van der Waals surface area contributed by atoms with E-state index in [9.17, 15) is 4.79 Å². The summed E-state index contributed by atoms with van der Waals surface area (Å²) in [6.45, 7) is 3.01. The normalized spacial score (nSPS) is 16.4. The molecule has 2 nitrogen and oxygen atoms in total. The van der Waals surface area contributed by atoms with Crippen molar-refractivity contribution < 1.29 is 4.79 Å². The van der Waals surface area contributed by atoms with Gasteiger partial charge in [-0.1, -0.05) is 19.1 Å². The average molecular weight is 189 g/mol. The monoisotopic (exact) mass is 189 g/mol. The zero-order valence-electron chi connectivity index (χ0n) is 8.49. The van der Waals surface area contributed by atoms with E-state index in [2.05, 4.69) is 19.1 Å². The van der Waals surface area contributed by atoms with Crippen molar-refractivity contribution in [2.24, 2.45) is 0 Å². The zero-order valence-corrected chi connectivity index (χ0v) is 8.49. The first-order chi connectivity index (χ1) is 6.81. The summed E-state index contributed by atoms with van der Waals surface area (Å²) in [7, 11) is 0. The Morgan fingerprint density at radius 1 is 1.43 bits per heavy atom. The lowest BCUT2D eigenvalue weighted by Crippen LogP contribution is -2.23. The highest BCUT2D eigenvalue weighted by atomic mass is 16.2. The van der Waals surface area contributed by atoms with Crippen molar-refractivity contribution in [3.8, 4) is 0 Å². The summed E-state index contributed by atoms with van der Waals surface area (Å²) >= 11 is 0. The van der Waals surface area contributed by atoms with Gasteiger partial charge in [0, 0.05) is 18.7 Å². The number of rotatable bonds is 2. The molecule has 1 heterocycles. The summed E-state index contributed by atoms with van der Waals surface area (Å²) in [5, 5.41) is 0. The molecular weight excluding hydrogens is 174 g/mol. The number of nitrogens with zero attached hydrogens (tertiary/aromatic N) is 1. The maximum atomic E-state index is 11.5. The molecule has 0 saturated carbocycles. The highest BCUT2D eigenvalue weighted by Crippen LogP contribution is 2.22. The molecule has 0 spiro atoms. The van der Waals surface area contributed by atoms with Gasteiger partial charge in [-0.25, -0.2) is 0 Å². The fourth-order valence-corrected chi connectivity index (χ4v) is 1.87. The van der Waals surface area contributed by atoms with Crippen LogP contribution >= 0.6 is 0 Å². The van der Waals surface area contributed by atoms with Crippen LogP contribution in [0.5, 0.6) is 0 Å². The molecule has 74 valence electrons. The van der Waals surface area contributed by atoms with Gasteiger partial charge in [-0.05, 0) is 30.5 Å². The van der Waals surface area contributed by atoms with Crippen LogP contribution < -0.4 is 4.90 Å². The van der Waals surface area contributed by atoms with Crippen LogP contribution in [0, 0.1) is 0 Å². The predicted molar refractivity (Wildman–Crippen MR) is 57.4 cm³/mol. The molecule has 1 fully saturated rings. The van der Waals surface area contributed by atoms with Crippen molar-refractivity contribution in [1.29, 1.82) is 0 Å². The number of carbonyl (C=O) groups excluding carboxylic acids is 1. The molecule has 0 aliphatic carbocycles. The molecule has 0 aromatic heterocycles. The Balaban J connectivity index is 2.26. The fourth-order valence-electron chi connectivity index (χ4n) is 1.87. The van der Waals surface area contributed by atoms with E-state index in [1.54, 1.807) is 0 Å². The van der Waals surface area contributed by atoms with Gasteiger partial charge in [-0.15, -0.1) is 0 Å². The molecule has 1 aromatic carbocycles. The second-order valence-electron chi connectivity index (χ2n) is 3.67. The largest absolute Gasteiger partial charge is 0.312 e. The molecule has 2 heteroatoms. The lowest BCUT2D eigenvalue weighted by Gasteiger charge is -2.16. The maximum absolute atomic E-state index is 11.5. The number of amides is 1. The highest BCUT2D eigenvalue weighted by Gasteiger charge is 2.21. The molecule has 1 aliphatic heterocycles. The smallest absolute Gasteiger partial charge is 0.227 e. The Morgan fingerprint density at radius 3 is 2.93 bits per heavy atom. The highest BCUT2D eigenvalue weighted by molar-refractivity contribution is 5.95. The third kappa shape index (κ3) is 1.65. The van der Waals surface area contributed by atoms with Crippen molar-refractivity contribution in [1.82, 2.24) is 0 Å². The molecule has 0 N–H and O–H groups in total. The third-order valence-electron chi connectivity index (χ3n) is 2.70. The van der Waals surface area contributed by atoms with Crippen LogP contribution in [-0.2, 0) is 11.2 Å². The van der Waals surface area contributed by atoms with Crippen LogP contribution in [0.25, 0.3) is 0 Å². The topological polar surface area (TPSA) is 20.3 Å². The minimum atomic E-state index is 0.262. The SMILES string of the molecule is CCc1cccc(N2CCCC2=O)c1. The zero-order chi connectivity index (χ0) is 9.97. The summed E-state index contributed by atoms with van der Waals surface area (Å²) in [5.41, 5.74) is 2.36. The van der Waals surface area contributed by atoms with Gasteiger partial charge in [0.15, 0.2) is 0 Å². The van der Waals surface area contributed by atoms with Gasteiger partial charge in [0.25, 0.3) is 0 Å². The predicted octanol–water partition coefficient (Wildman–Crippen LogP) is 2.38. The molecule has 1 aliphatic rings. The fraction of sp³-hybridized carbons (Fsp3) is 0.417. The Hall–Kier alpha value is -1.31. The van der Waals surface area contributed by atoms with Gasteiger partial charge >= 0.3 is 0 Å². The van der Waals surface area contributed by atoms with E-state index in [4.69, 9.17) is 0 Å². The second kappa shape index (κ2) is 3.82. The van der Waals surface area contributed by atoms with Gasteiger partial charge in [0.05, 0.1) is 0 Å². The Labute approximate surface area is 84.5 Å². The number of hydrogen-bond donors (Lipinski definition) is 0. The number of hydrogen-bond acceptors (Lipinski definition) is 1. The molecule has 1 saturated heterocycles. The lowest BCUT2D eigenvalue weighted by molar-refractivity contribution is -0.117. The van der Waals surface area contributed by atoms with E-state index in [0.29, 0.717) is 6.42 Å². The van der Waals surface area contributed by atoms with Crippen molar-refractivity contribution in [2.45, 2.75) is 26.2 Å². The maximum Gasteiger partial charge on any atom is 0.227 e. The molecule has 0 radical (unpaired) electrons. The van der Waals surface area contributed by atoms with E-state index < -0.39 is 0 Å². The second-order valence-corrected chi connectivity index (χ2v) is 3.67. The molecule has 1 amide bonds. The Bertz CT molecular complexity index is 346. The molecule has 1 aromatic rings. The van der Waals surface area contributed by atoms with Crippen molar-refractivity contribution in [3.63, 3.8) is 0 Å². The summed E-state index contributed by atoms with van der Waals surface area (Å²) in [6, 6.07) is 8.26. The van der Waals surface area contributed by atoms with Gasteiger partial charge in [0.2, 0.25) is 5.91 Å². The standard InChI is InChI=1S/C12H15NO/c1-2-10-5-3-6-11(9-10)13-8-4-7-12(13)14/h3,5-6,9H,2,4,7-8H2,1H3. The van der Waals surface area contributed by atoms with Crippen LogP contribution in [0.3, 0.4) is 0 Å². The van der Waals surface area contributed by atoms with Gasteiger partial charge in [-0.3, -0.25) is 4.79 Å². The van der Waals surface area contributed by atoms with E-state index in [0.717, 1.165) is 25.1 Å². The van der Waals surface area contributed by atoms with Crippen LogP contribution in [0.1, 0.15) is 25.3 Å². The first kappa shape index (κ1) is 9.25. The minimum Gasteiger partial charge on any atom is -0.312 e. The van der Waals surface area contributed by atoms with Crippen molar-refractivity contribution in [2.75, 3.05) is 11.4 Å². The number of anilines is 1. The summed E-state index contributed by atoms with van der Waals surface area (Å²) in [4.78, 5) is 13.4.